The molecule has 6 heteroatoms. The Labute approximate surface area is 120 Å². The van der Waals surface area contributed by atoms with Gasteiger partial charge in [0.2, 0.25) is 5.91 Å². The van der Waals surface area contributed by atoms with Gasteiger partial charge in [0.1, 0.15) is 0 Å². The van der Waals surface area contributed by atoms with Crippen LogP contribution in [0.1, 0.15) is 26.3 Å². The molecule has 0 radical (unpaired) electrons. The number of hydrogen-bond acceptors (Lipinski definition) is 3. The number of amides is 2. The lowest BCUT2D eigenvalue weighted by Gasteiger charge is -2.11. The van der Waals surface area contributed by atoms with E-state index in [1.54, 1.807) is 25.1 Å². The third kappa shape index (κ3) is 2.78. The normalized spacial score (nSPS) is 10.1. The minimum absolute atomic E-state index is 0.262. The quantitative estimate of drug-likeness (QED) is 0.910. The van der Waals surface area contributed by atoms with Crippen LogP contribution < -0.4 is 11.1 Å². The van der Waals surface area contributed by atoms with Crippen molar-refractivity contribution in [3.05, 3.63) is 58.4 Å². The highest BCUT2D eigenvalue weighted by atomic mass is 35.5. The molecule has 0 saturated heterocycles. The van der Waals surface area contributed by atoms with Crippen LogP contribution in [0.2, 0.25) is 5.02 Å². The molecule has 2 amide bonds. The van der Waals surface area contributed by atoms with Crippen molar-refractivity contribution in [1.29, 1.82) is 0 Å². The van der Waals surface area contributed by atoms with Crippen molar-refractivity contribution in [3.8, 4) is 0 Å². The zero-order chi connectivity index (χ0) is 14.7. The van der Waals surface area contributed by atoms with E-state index in [1.807, 2.05) is 0 Å². The van der Waals surface area contributed by atoms with Crippen molar-refractivity contribution >= 4 is 29.1 Å². The average Bonchev–Trinajstić information content (AvgIpc) is 2.41. The molecule has 2 rings (SSSR count). The second kappa shape index (κ2) is 5.71. The van der Waals surface area contributed by atoms with Crippen LogP contribution >= 0.6 is 11.6 Å². The standard InChI is InChI=1S/C14H12ClN3O2/c1-8-9(13(16)19)3-2-4-12(8)18-14(20)10-7-17-6-5-11(10)15/h2-7H,1H3,(H2,16,19)(H,18,20). The number of nitrogens with one attached hydrogen (secondary N) is 1. The molecule has 0 fully saturated rings. The zero-order valence-electron chi connectivity index (χ0n) is 10.7. The maximum atomic E-state index is 12.1. The average molecular weight is 290 g/mol. The number of aromatic nitrogens is 1. The van der Waals surface area contributed by atoms with Crippen LogP contribution in [0.15, 0.2) is 36.7 Å². The molecule has 0 aliphatic heterocycles. The predicted molar refractivity (Wildman–Crippen MR) is 76.9 cm³/mol. The number of benzene rings is 1. The van der Waals surface area contributed by atoms with Crippen molar-refractivity contribution in [1.82, 2.24) is 4.98 Å². The van der Waals surface area contributed by atoms with Gasteiger partial charge in [-0.1, -0.05) is 17.7 Å². The van der Waals surface area contributed by atoms with Gasteiger partial charge in [0.25, 0.3) is 5.91 Å². The first kappa shape index (κ1) is 14.0. The van der Waals surface area contributed by atoms with E-state index >= 15 is 0 Å². The van der Waals surface area contributed by atoms with E-state index in [2.05, 4.69) is 10.3 Å². The van der Waals surface area contributed by atoms with Crippen molar-refractivity contribution in [2.45, 2.75) is 6.92 Å². The summed E-state index contributed by atoms with van der Waals surface area (Å²) in [5, 5.41) is 3.00. The van der Waals surface area contributed by atoms with E-state index in [9.17, 15) is 9.59 Å². The Bertz CT molecular complexity index is 686. The van der Waals surface area contributed by atoms with Crippen LogP contribution in [-0.4, -0.2) is 16.8 Å². The van der Waals surface area contributed by atoms with Gasteiger partial charge in [-0.05, 0) is 30.7 Å². The van der Waals surface area contributed by atoms with E-state index in [4.69, 9.17) is 17.3 Å². The minimum Gasteiger partial charge on any atom is -0.366 e. The summed E-state index contributed by atoms with van der Waals surface area (Å²) in [7, 11) is 0. The topological polar surface area (TPSA) is 85.1 Å². The molecule has 20 heavy (non-hydrogen) atoms. The van der Waals surface area contributed by atoms with Gasteiger partial charge < -0.3 is 11.1 Å². The fourth-order valence-electron chi connectivity index (χ4n) is 1.77. The van der Waals surface area contributed by atoms with Gasteiger partial charge >= 0.3 is 0 Å². The SMILES string of the molecule is Cc1c(NC(=O)c2cnccc2Cl)cccc1C(N)=O. The summed E-state index contributed by atoms with van der Waals surface area (Å²) in [6.07, 6.45) is 2.88. The highest BCUT2D eigenvalue weighted by Gasteiger charge is 2.14. The van der Waals surface area contributed by atoms with Crippen molar-refractivity contribution in [2.24, 2.45) is 5.73 Å². The first-order chi connectivity index (χ1) is 9.50. The van der Waals surface area contributed by atoms with Gasteiger partial charge in [0, 0.05) is 23.6 Å². The van der Waals surface area contributed by atoms with Crippen LogP contribution in [-0.2, 0) is 0 Å². The van der Waals surface area contributed by atoms with Gasteiger partial charge in [-0.25, -0.2) is 0 Å². The molecule has 3 N–H and O–H groups in total. The Hall–Kier alpha value is -2.40. The first-order valence-corrected chi connectivity index (χ1v) is 6.18. The van der Waals surface area contributed by atoms with Crippen LogP contribution in [0.3, 0.4) is 0 Å². The molecule has 1 heterocycles. The third-order valence-electron chi connectivity index (χ3n) is 2.86. The van der Waals surface area contributed by atoms with Crippen molar-refractivity contribution < 1.29 is 9.59 Å². The zero-order valence-corrected chi connectivity index (χ0v) is 11.4. The number of primary amides is 1. The Balaban J connectivity index is 2.32. The van der Waals surface area contributed by atoms with E-state index in [-0.39, 0.29) is 5.56 Å². The molecule has 0 saturated carbocycles. The molecule has 2 aromatic rings. The largest absolute Gasteiger partial charge is 0.366 e. The van der Waals surface area contributed by atoms with E-state index < -0.39 is 11.8 Å². The molecule has 0 aliphatic carbocycles. The third-order valence-corrected chi connectivity index (χ3v) is 3.19. The highest BCUT2D eigenvalue weighted by Crippen LogP contribution is 2.21. The van der Waals surface area contributed by atoms with Gasteiger partial charge in [-0.15, -0.1) is 0 Å². The van der Waals surface area contributed by atoms with Gasteiger partial charge in [-0.3, -0.25) is 14.6 Å². The number of carbonyl (C=O) groups excluding carboxylic acids is 2. The molecule has 1 aromatic heterocycles. The number of carbonyl (C=O) groups is 2. The molecule has 102 valence electrons. The number of pyridine rings is 1. The summed E-state index contributed by atoms with van der Waals surface area (Å²) in [6.45, 7) is 1.71. The Morgan fingerprint density at radius 1 is 1.25 bits per heavy atom. The lowest BCUT2D eigenvalue weighted by molar-refractivity contribution is 0.0995. The second-order valence-corrected chi connectivity index (χ2v) is 4.56. The van der Waals surface area contributed by atoms with Crippen LogP contribution in [0.25, 0.3) is 0 Å². The molecule has 0 aliphatic rings. The summed E-state index contributed by atoms with van der Waals surface area (Å²) in [4.78, 5) is 27.2. The summed E-state index contributed by atoms with van der Waals surface area (Å²) in [5.74, 6) is -0.939. The maximum absolute atomic E-state index is 12.1. The Morgan fingerprint density at radius 2 is 2.00 bits per heavy atom. The number of hydrogen-bond donors (Lipinski definition) is 2. The lowest BCUT2D eigenvalue weighted by Crippen LogP contribution is -2.17. The summed E-state index contributed by atoms with van der Waals surface area (Å²) < 4.78 is 0. The molecule has 0 atom stereocenters. The second-order valence-electron chi connectivity index (χ2n) is 4.15. The first-order valence-electron chi connectivity index (χ1n) is 5.81. The van der Waals surface area contributed by atoms with E-state index in [1.165, 1.54) is 18.5 Å². The minimum atomic E-state index is -0.544. The fourth-order valence-corrected chi connectivity index (χ4v) is 1.96. The van der Waals surface area contributed by atoms with Gasteiger partial charge in [0.15, 0.2) is 0 Å². The molecular formula is C14H12ClN3O2. The maximum Gasteiger partial charge on any atom is 0.258 e. The van der Waals surface area contributed by atoms with Crippen LogP contribution in [0.4, 0.5) is 5.69 Å². The molecule has 1 aromatic carbocycles. The van der Waals surface area contributed by atoms with Crippen LogP contribution in [0, 0.1) is 6.92 Å². The molecule has 0 bridgehead atoms. The van der Waals surface area contributed by atoms with E-state index in [0.717, 1.165) is 0 Å². The molecule has 5 nitrogen and oxygen atoms in total. The highest BCUT2D eigenvalue weighted by molar-refractivity contribution is 6.34. The number of halogens is 1. The number of nitrogens with two attached hydrogens (primary N) is 1. The van der Waals surface area contributed by atoms with Crippen LogP contribution in [0.5, 0.6) is 0 Å². The summed E-state index contributed by atoms with van der Waals surface area (Å²) in [6, 6.07) is 6.46. The van der Waals surface area contributed by atoms with Crippen molar-refractivity contribution in [3.63, 3.8) is 0 Å². The van der Waals surface area contributed by atoms with Crippen molar-refractivity contribution in [2.75, 3.05) is 5.32 Å². The smallest absolute Gasteiger partial charge is 0.258 e. The monoisotopic (exact) mass is 289 g/mol. The molecule has 0 spiro atoms. The molecule has 0 unspecified atom stereocenters. The van der Waals surface area contributed by atoms with Gasteiger partial charge in [0.05, 0.1) is 10.6 Å². The number of rotatable bonds is 3. The molecular weight excluding hydrogens is 278 g/mol. The number of anilines is 1. The Morgan fingerprint density at radius 3 is 2.65 bits per heavy atom. The number of nitrogens with zero attached hydrogens (tertiary/aromatic N) is 1. The van der Waals surface area contributed by atoms with E-state index in [0.29, 0.717) is 21.8 Å². The predicted octanol–water partition coefficient (Wildman–Crippen LogP) is 2.39. The fraction of sp³-hybridized carbons (Fsp3) is 0.0714. The lowest BCUT2D eigenvalue weighted by atomic mass is 10.1. The summed E-state index contributed by atoms with van der Waals surface area (Å²) in [5.41, 5.74) is 7.00. The summed E-state index contributed by atoms with van der Waals surface area (Å²) >= 11 is 5.93. The van der Waals surface area contributed by atoms with Gasteiger partial charge in [-0.2, -0.15) is 0 Å². The Kier molecular flexibility index (Phi) is 4.00.